The number of nitrogens with zero attached hydrogens (tertiary/aromatic N) is 1. The molecule has 2 rings (SSSR count). The first-order valence-electron chi connectivity index (χ1n) is 5.80. The lowest BCUT2D eigenvalue weighted by molar-refractivity contribution is -0.111. The Balaban J connectivity index is 2.15. The molecule has 0 atom stereocenters. The van der Waals surface area contributed by atoms with Gasteiger partial charge in [-0.1, -0.05) is 6.58 Å². The predicted molar refractivity (Wildman–Crippen MR) is 74.5 cm³/mol. The van der Waals surface area contributed by atoms with Crippen molar-refractivity contribution in [3.05, 3.63) is 42.7 Å². The van der Waals surface area contributed by atoms with Crippen LogP contribution in [0, 0.1) is 0 Å². The molecule has 1 aromatic carbocycles. The van der Waals surface area contributed by atoms with Gasteiger partial charge in [-0.3, -0.25) is 9.10 Å². The molecule has 0 radical (unpaired) electrons. The second-order valence-corrected chi connectivity index (χ2v) is 6.14. The summed E-state index contributed by atoms with van der Waals surface area (Å²) in [7, 11) is -3.16. The fraction of sp³-hybridized carbons (Fsp3) is 0.231. The van der Waals surface area contributed by atoms with Crippen LogP contribution in [0.15, 0.2) is 42.7 Å². The minimum atomic E-state index is -3.16. The molecule has 0 aromatic heterocycles. The first-order valence-corrected chi connectivity index (χ1v) is 7.41. The highest BCUT2D eigenvalue weighted by molar-refractivity contribution is 7.93. The van der Waals surface area contributed by atoms with Gasteiger partial charge in [0.1, 0.15) is 0 Å². The van der Waals surface area contributed by atoms with Gasteiger partial charge in [0, 0.05) is 18.3 Å². The smallest absolute Gasteiger partial charge is 0.256 e. The molecule has 19 heavy (non-hydrogen) atoms. The minimum absolute atomic E-state index is 0.190. The highest BCUT2D eigenvalue weighted by Crippen LogP contribution is 2.25. The molecule has 1 aliphatic rings. The minimum Gasteiger partial charge on any atom is -0.322 e. The van der Waals surface area contributed by atoms with Gasteiger partial charge in [-0.15, -0.1) is 5.73 Å². The molecule has 1 fully saturated rings. The Hall–Kier alpha value is -2.04. The van der Waals surface area contributed by atoms with Gasteiger partial charge in [0.05, 0.1) is 11.4 Å². The van der Waals surface area contributed by atoms with Gasteiger partial charge in [-0.25, -0.2) is 8.42 Å². The van der Waals surface area contributed by atoms with E-state index in [9.17, 15) is 13.2 Å². The average Bonchev–Trinajstić information content (AvgIpc) is 2.70. The van der Waals surface area contributed by atoms with E-state index >= 15 is 0 Å². The molecule has 0 spiro atoms. The van der Waals surface area contributed by atoms with E-state index < -0.39 is 10.0 Å². The second kappa shape index (κ2) is 5.30. The molecule has 1 amide bonds. The van der Waals surface area contributed by atoms with Crippen molar-refractivity contribution in [3.8, 4) is 0 Å². The van der Waals surface area contributed by atoms with Crippen molar-refractivity contribution in [1.29, 1.82) is 0 Å². The number of nitrogens with one attached hydrogen (secondary N) is 1. The number of rotatable bonds is 3. The highest BCUT2D eigenvalue weighted by atomic mass is 32.2. The molecule has 0 unspecified atom stereocenters. The molecule has 1 heterocycles. The van der Waals surface area contributed by atoms with Gasteiger partial charge in [-0.05, 0) is 30.7 Å². The zero-order valence-corrected chi connectivity index (χ0v) is 11.1. The third-order valence-corrected chi connectivity index (χ3v) is 4.62. The third kappa shape index (κ3) is 3.05. The van der Waals surface area contributed by atoms with E-state index in [0.717, 1.165) is 0 Å². The molecule has 5 nitrogen and oxygen atoms in total. The highest BCUT2D eigenvalue weighted by Gasteiger charge is 2.28. The van der Waals surface area contributed by atoms with E-state index in [1.807, 2.05) is 0 Å². The fourth-order valence-corrected chi connectivity index (χ4v) is 3.48. The van der Waals surface area contributed by atoms with Gasteiger partial charge in [0.25, 0.3) is 5.91 Å². The van der Waals surface area contributed by atoms with E-state index in [0.29, 0.717) is 24.3 Å². The quantitative estimate of drug-likeness (QED) is 0.673. The number of amides is 1. The molecule has 100 valence electrons. The first-order chi connectivity index (χ1) is 9.03. The van der Waals surface area contributed by atoms with Crippen LogP contribution in [0.3, 0.4) is 0 Å². The van der Waals surface area contributed by atoms with E-state index in [1.165, 1.54) is 10.4 Å². The summed E-state index contributed by atoms with van der Waals surface area (Å²) in [4.78, 5) is 11.3. The summed E-state index contributed by atoms with van der Waals surface area (Å²) in [5.41, 5.74) is 3.59. The largest absolute Gasteiger partial charge is 0.322 e. The number of carbonyl (C=O) groups excluding carboxylic acids is 1. The molecule has 0 aliphatic carbocycles. The summed E-state index contributed by atoms with van der Waals surface area (Å²) in [6.07, 6.45) is 1.84. The van der Waals surface area contributed by atoms with Crippen LogP contribution in [0.25, 0.3) is 0 Å². The Bertz CT molecular complexity index is 628. The van der Waals surface area contributed by atoms with Gasteiger partial charge in [0.2, 0.25) is 10.0 Å². The van der Waals surface area contributed by atoms with Crippen molar-refractivity contribution in [2.45, 2.75) is 6.42 Å². The van der Waals surface area contributed by atoms with Gasteiger partial charge in [-0.2, -0.15) is 0 Å². The maximum absolute atomic E-state index is 11.7. The molecular formula is C13H14N2O3S. The Morgan fingerprint density at radius 3 is 2.58 bits per heavy atom. The van der Waals surface area contributed by atoms with Crippen molar-refractivity contribution in [2.75, 3.05) is 21.9 Å². The van der Waals surface area contributed by atoms with Crippen molar-refractivity contribution in [3.63, 3.8) is 0 Å². The number of sulfonamides is 1. The number of benzene rings is 1. The van der Waals surface area contributed by atoms with Gasteiger partial charge >= 0.3 is 0 Å². The topological polar surface area (TPSA) is 66.5 Å². The van der Waals surface area contributed by atoms with E-state index in [4.69, 9.17) is 0 Å². The number of hydrogen-bond acceptors (Lipinski definition) is 3. The lowest BCUT2D eigenvalue weighted by atomic mass is 10.2. The molecule has 0 saturated carbocycles. The Labute approximate surface area is 112 Å². The van der Waals surface area contributed by atoms with E-state index in [-0.39, 0.29) is 11.7 Å². The van der Waals surface area contributed by atoms with Gasteiger partial charge < -0.3 is 5.32 Å². The lowest BCUT2D eigenvalue weighted by Gasteiger charge is -2.17. The fourth-order valence-electron chi connectivity index (χ4n) is 1.91. The number of hydrogen-bond donors (Lipinski definition) is 1. The molecular weight excluding hydrogens is 264 g/mol. The summed E-state index contributed by atoms with van der Waals surface area (Å²) in [5, 5.41) is 2.62. The second-order valence-electron chi connectivity index (χ2n) is 4.13. The summed E-state index contributed by atoms with van der Waals surface area (Å²) < 4.78 is 24.9. The third-order valence-electron chi connectivity index (χ3n) is 2.76. The summed E-state index contributed by atoms with van der Waals surface area (Å²) >= 11 is 0. The Morgan fingerprint density at radius 1 is 1.37 bits per heavy atom. The van der Waals surface area contributed by atoms with Crippen molar-refractivity contribution in [2.24, 2.45) is 0 Å². The van der Waals surface area contributed by atoms with E-state index in [2.05, 4.69) is 17.6 Å². The number of carbonyl (C=O) groups is 1. The van der Waals surface area contributed by atoms with E-state index in [1.54, 1.807) is 24.3 Å². The van der Waals surface area contributed by atoms with Crippen molar-refractivity contribution < 1.29 is 13.2 Å². The van der Waals surface area contributed by atoms with Crippen LogP contribution in [0.1, 0.15) is 6.42 Å². The maximum atomic E-state index is 11.7. The standard InChI is InChI=1S/C13H14N2O3S/c1-2-4-13(16)14-11-5-7-12(8-6-11)15-9-3-10-19(15,17)18/h4-8H,1,3,9-10H2,(H,14,16). The van der Waals surface area contributed by atoms with Crippen molar-refractivity contribution >= 4 is 27.3 Å². The Kier molecular flexibility index (Phi) is 3.74. The first kappa shape index (κ1) is 13.4. The van der Waals surface area contributed by atoms with Crippen LogP contribution in [0.2, 0.25) is 0 Å². The SMILES string of the molecule is C=C=CC(=O)Nc1ccc(N2CCCS2(=O)=O)cc1. The normalized spacial score (nSPS) is 16.7. The average molecular weight is 278 g/mol. The zero-order chi connectivity index (χ0) is 13.9. The van der Waals surface area contributed by atoms with Crippen LogP contribution >= 0.6 is 0 Å². The molecule has 0 bridgehead atoms. The molecule has 6 heteroatoms. The van der Waals surface area contributed by atoms with Crippen LogP contribution in [-0.2, 0) is 14.8 Å². The molecule has 1 aromatic rings. The number of anilines is 2. The Morgan fingerprint density at radius 2 is 2.05 bits per heavy atom. The molecule has 1 N–H and O–H groups in total. The summed E-state index contributed by atoms with van der Waals surface area (Å²) in [6.45, 7) is 3.82. The summed E-state index contributed by atoms with van der Waals surface area (Å²) in [6, 6.07) is 6.68. The van der Waals surface area contributed by atoms with Crippen LogP contribution in [0.4, 0.5) is 11.4 Å². The lowest BCUT2D eigenvalue weighted by Crippen LogP contribution is -2.24. The maximum Gasteiger partial charge on any atom is 0.256 e. The van der Waals surface area contributed by atoms with Crippen LogP contribution in [-0.4, -0.2) is 26.6 Å². The van der Waals surface area contributed by atoms with Gasteiger partial charge in [0.15, 0.2) is 0 Å². The summed E-state index contributed by atoms with van der Waals surface area (Å²) in [5.74, 6) is -0.133. The van der Waals surface area contributed by atoms with Crippen molar-refractivity contribution in [1.82, 2.24) is 0 Å². The monoisotopic (exact) mass is 278 g/mol. The van der Waals surface area contributed by atoms with Crippen LogP contribution in [0.5, 0.6) is 0 Å². The zero-order valence-electron chi connectivity index (χ0n) is 10.3. The molecule has 1 saturated heterocycles. The molecule has 1 aliphatic heterocycles. The van der Waals surface area contributed by atoms with Crippen LogP contribution < -0.4 is 9.62 Å². The predicted octanol–water partition coefficient (Wildman–Crippen LogP) is 1.51.